The molecule has 0 aromatic heterocycles. The van der Waals surface area contributed by atoms with Crippen molar-refractivity contribution >= 4 is 29.8 Å². The average molecular weight is 651 g/mol. The molecule has 0 aromatic rings. The summed E-state index contributed by atoms with van der Waals surface area (Å²) in [5, 5.41) is 36.1. The number of aliphatic carboxylic acids is 1. The molecule has 0 radical (unpaired) electrons. The van der Waals surface area contributed by atoms with Gasteiger partial charge in [0.15, 0.2) is 30.5 Å². The Balaban J connectivity index is 0.000000645. The minimum Gasteiger partial charge on any atom is -0.479 e. The predicted molar refractivity (Wildman–Crippen MR) is 154 cm³/mol. The molecule has 2 rings (SSSR count). The summed E-state index contributed by atoms with van der Waals surface area (Å²) in [7, 11) is 1.17. The van der Waals surface area contributed by atoms with Crippen molar-refractivity contribution in [3.05, 3.63) is 0 Å². The highest BCUT2D eigenvalue weighted by Crippen LogP contribution is 2.33. The molecule has 0 bridgehead atoms. The van der Waals surface area contributed by atoms with E-state index in [0.717, 1.165) is 0 Å². The van der Waals surface area contributed by atoms with E-state index in [2.05, 4.69) is 0 Å². The Morgan fingerprint density at radius 2 is 0.933 bits per heavy atom. The lowest BCUT2D eigenvalue weighted by Gasteiger charge is -2.44. The average Bonchev–Trinajstić information content (AvgIpc) is 2.90. The minimum atomic E-state index is -1.59. The van der Waals surface area contributed by atoms with Gasteiger partial charge in [0.1, 0.15) is 18.3 Å². The molecule has 10 atom stereocenters. The summed E-state index contributed by atoms with van der Waals surface area (Å²) in [4.78, 5) is 61.1. The van der Waals surface area contributed by atoms with Crippen LogP contribution >= 0.6 is 0 Å². The van der Waals surface area contributed by atoms with Crippen molar-refractivity contribution in [3.63, 3.8) is 0 Å². The number of carboxylic acids is 1. The van der Waals surface area contributed by atoms with Crippen LogP contribution in [0.15, 0.2) is 0 Å². The molecular formula is C30H50O15. The maximum atomic E-state index is 12.8. The second-order valence-corrected chi connectivity index (χ2v) is 14.2. The molecule has 15 nitrogen and oxygen atoms in total. The third kappa shape index (κ3) is 10.6. The molecule has 2 heterocycles. The normalized spacial score (nSPS) is 32.2. The van der Waals surface area contributed by atoms with Crippen molar-refractivity contribution in [1.82, 2.24) is 0 Å². The van der Waals surface area contributed by atoms with Crippen LogP contribution in [0.4, 0.5) is 0 Å². The van der Waals surface area contributed by atoms with Gasteiger partial charge in [-0.15, -0.1) is 0 Å². The van der Waals surface area contributed by atoms with Gasteiger partial charge in [-0.2, -0.15) is 0 Å². The summed E-state index contributed by atoms with van der Waals surface area (Å²) in [6.45, 7) is 17.9. The Labute approximate surface area is 263 Å². The third-order valence-corrected chi connectivity index (χ3v) is 6.87. The summed E-state index contributed by atoms with van der Waals surface area (Å²) in [6, 6.07) is 0. The topological polar surface area (TPSA) is 222 Å². The van der Waals surface area contributed by atoms with E-state index in [9.17, 15) is 39.3 Å². The second-order valence-electron chi connectivity index (χ2n) is 14.2. The molecule has 10 unspecified atom stereocenters. The van der Waals surface area contributed by atoms with Crippen molar-refractivity contribution < 1.29 is 72.8 Å². The first-order chi connectivity index (χ1) is 20.2. The van der Waals surface area contributed by atoms with Gasteiger partial charge in [0.2, 0.25) is 0 Å². The van der Waals surface area contributed by atoms with Crippen LogP contribution in [0.2, 0.25) is 0 Å². The van der Waals surface area contributed by atoms with E-state index < -0.39 is 107 Å². The molecule has 4 N–H and O–H groups in total. The van der Waals surface area contributed by atoms with Gasteiger partial charge in [0, 0.05) is 0 Å². The first-order valence-corrected chi connectivity index (χ1v) is 14.5. The van der Waals surface area contributed by atoms with E-state index in [1.807, 2.05) is 0 Å². The molecule has 0 aromatic carbocycles. The first kappa shape index (κ1) is 40.2. The van der Waals surface area contributed by atoms with Gasteiger partial charge in [0.05, 0.1) is 35.6 Å². The quantitative estimate of drug-likeness (QED) is 0.238. The number of aliphatic hydroxyl groups is 3. The summed E-state index contributed by atoms with van der Waals surface area (Å²) >= 11 is 0. The lowest BCUT2D eigenvalue weighted by Crippen LogP contribution is -2.63. The number of hydrogen-bond donors (Lipinski definition) is 4. The van der Waals surface area contributed by atoms with Gasteiger partial charge >= 0.3 is 29.8 Å². The summed E-state index contributed by atoms with van der Waals surface area (Å²) in [6.07, 6.45) is -12.6. The summed E-state index contributed by atoms with van der Waals surface area (Å²) in [5.74, 6) is -3.99. The van der Waals surface area contributed by atoms with Crippen LogP contribution in [-0.4, -0.2) is 118 Å². The SMILES string of the molecule is CC1OC(C(=O)O)C(O)C(O)C1O.COC(=O)C1OC(C)C(OC(=O)C(C)(C)C)C(OC(=O)C(C)(C)C)C1OC(=O)C(C)(C)C. The number of carbonyl (C=O) groups excluding carboxylic acids is 4. The number of hydrogen-bond acceptors (Lipinski definition) is 14. The number of carbonyl (C=O) groups is 5. The molecule has 2 aliphatic rings. The molecule has 0 spiro atoms. The standard InChI is InChI=1S/C23H38O9.C7H12O6/c1-12-13(30-18(25)21(2,3)4)14(31-19(26)22(5,6)7)15(16(29-12)17(24)28-11)32-20(27)23(8,9)10;1-2-3(8)4(9)5(10)6(13-2)7(11)12/h12-16H,1-11H3;2-6,8-10H,1H3,(H,11,12). The number of ether oxygens (including phenoxy) is 6. The van der Waals surface area contributed by atoms with Gasteiger partial charge in [-0.25, -0.2) is 9.59 Å². The van der Waals surface area contributed by atoms with Gasteiger partial charge in [-0.05, 0) is 76.2 Å². The fraction of sp³-hybridized carbons (Fsp3) is 0.833. The zero-order valence-electron chi connectivity index (χ0n) is 28.1. The van der Waals surface area contributed by atoms with Crippen LogP contribution in [0.3, 0.4) is 0 Å². The maximum absolute atomic E-state index is 12.8. The van der Waals surface area contributed by atoms with Crippen molar-refractivity contribution in [3.8, 4) is 0 Å². The van der Waals surface area contributed by atoms with Gasteiger partial charge in [0.25, 0.3) is 0 Å². The highest BCUT2D eigenvalue weighted by molar-refractivity contribution is 5.80. The van der Waals surface area contributed by atoms with Crippen LogP contribution in [0.1, 0.15) is 76.2 Å². The van der Waals surface area contributed by atoms with Crippen LogP contribution in [0, 0.1) is 16.2 Å². The fourth-order valence-corrected chi connectivity index (χ4v) is 3.90. The largest absolute Gasteiger partial charge is 0.479 e. The summed E-state index contributed by atoms with van der Waals surface area (Å²) in [5.41, 5.74) is -2.67. The molecule has 0 aliphatic carbocycles. The Hall–Kier alpha value is -2.85. The monoisotopic (exact) mass is 650 g/mol. The first-order valence-electron chi connectivity index (χ1n) is 14.5. The number of esters is 4. The number of rotatable bonds is 5. The minimum absolute atomic E-state index is 0.563. The molecule has 15 heteroatoms. The molecular weight excluding hydrogens is 600 g/mol. The number of carboxylic acid groups (broad SMARTS) is 1. The fourth-order valence-electron chi connectivity index (χ4n) is 3.90. The molecule has 2 fully saturated rings. The molecule has 2 aliphatic heterocycles. The van der Waals surface area contributed by atoms with Crippen LogP contribution < -0.4 is 0 Å². The highest BCUT2D eigenvalue weighted by Gasteiger charge is 2.55. The molecule has 260 valence electrons. The molecule has 0 amide bonds. The highest BCUT2D eigenvalue weighted by atomic mass is 16.7. The predicted octanol–water partition coefficient (Wildman–Crippen LogP) is 0.761. The van der Waals surface area contributed by atoms with Crippen molar-refractivity contribution in [2.24, 2.45) is 16.2 Å². The van der Waals surface area contributed by atoms with Crippen LogP contribution in [0.5, 0.6) is 0 Å². The van der Waals surface area contributed by atoms with E-state index in [0.29, 0.717) is 0 Å². The Kier molecular flexibility index (Phi) is 13.5. The number of aliphatic hydroxyl groups excluding tert-OH is 3. The van der Waals surface area contributed by atoms with Crippen LogP contribution in [0.25, 0.3) is 0 Å². The molecule has 2 saturated heterocycles. The van der Waals surface area contributed by atoms with E-state index in [1.165, 1.54) is 14.0 Å². The Morgan fingerprint density at radius 3 is 1.31 bits per heavy atom. The second kappa shape index (κ2) is 15.2. The van der Waals surface area contributed by atoms with E-state index in [1.54, 1.807) is 69.2 Å². The lowest BCUT2D eigenvalue weighted by atomic mass is 9.91. The third-order valence-electron chi connectivity index (χ3n) is 6.87. The smallest absolute Gasteiger partial charge is 0.339 e. The van der Waals surface area contributed by atoms with Crippen LogP contribution in [-0.2, 0) is 52.4 Å². The van der Waals surface area contributed by atoms with Crippen molar-refractivity contribution in [1.29, 1.82) is 0 Å². The van der Waals surface area contributed by atoms with Gasteiger partial charge in [-0.3, -0.25) is 14.4 Å². The van der Waals surface area contributed by atoms with Gasteiger partial charge in [-0.1, -0.05) is 0 Å². The van der Waals surface area contributed by atoms with Gasteiger partial charge < -0.3 is 48.8 Å². The van der Waals surface area contributed by atoms with Crippen molar-refractivity contribution in [2.45, 2.75) is 137 Å². The van der Waals surface area contributed by atoms with Crippen molar-refractivity contribution in [2.75, 3.05) is 7.11 Å². The molecule has 45 heavy (non-hydrogen) atoms. The Bertz CT molecular complexity index is 1070. The molecule has 0 saturated carbocycles. The zero-order chi connectivity index (χ0) is 35.4. The van der Waals surface area contributed by atoms with E-state index in [-0.39, 0.29) is 0 Å². The Morgan fingerprint density at radius 1 is 0.556 bits per heavy atom. The zero-order valence-corrected chi connectivity index (χ0v) is 28.1. The lowest BCUT2D eigenvalue weighted by molar-refractivity contribution is -0.252. The number of methoxy groups -OCH3 is 1. The summed E-state index contributed by atoms with van der Waals surface area (Å²) < 4.78 is 32.4. The maximum Gasteiger partial charge on any atom is 0.339 e. The van der Waals surface area contributed by atoms with E-state index in [4.69, 9.17) is 33.5 Å². The van der Waals surface area contributed by atoms with E-state index >= 15 is 0 Å².